The molecule has 1 amide bonds. The molecule has 0 saturated carbocycles. The molecule has 0 radical (unpaired) electrons. The molecular weight excluding hydrogens is 386 g/mol. The Labute approximate surface area is 155 Å². The van der Waals surface area contributed by atoms with Crippen molar-refractivity contribution >= 4 is 33.5 Å². The number of benzene rings is 2. The van der Waals surface area contributed by atoms with Gasteiger partial charge < -0.3 is 14.4 Å². The van der Waals surface area contributed by atoms with Gasteiger partial charge in [0.15, 0.2) is 0 Å². The molecule has 0 saturated heterocycles. The number of amides is 1. The minimum absolute atomic E-state index is 0.157. The first kappa shape index (κ1) is 19.0. The molecule has 132 valence electrons. The van der Waals surface area contributed by atoms with Gasteiger partial charge in [-0.25, -0.2) is 0 Å². The Morgan fingerprint density at radius 1 is 1.12 bits per heavy atom. The van der Waals surface area contributed by atoms with Crippen LogP contribution in [0, 0.1) is 0 Å². The van der Waals surface area contributed by atoms with Crippen molar-refractivity contribution in [3.63, 3.8) is 0 Å². The molecule has 0 atom stereocenters. The van der Waals surface area contributed by atoms with Gasteiger partial charge in [0, 0.05) is 23.6 Å². The van der Waals surface area contributed by atoms with Crippen LogP contribution in [0.3, 0.4) is 0 Å². The minimum atomic E-state index is -0.254. The first-order valence-corrected chi connectivity index (χ1v) is 8.53. The summed E-state index contributed by atoms with van der Waals surface area (Å²) in [5.74, 6) is 0.206. The molecule has 0 spiro atoms. The van der Waals surface area contributed by atoms with E-state index in [1.165, 1.54) is 7.11 Å². The molecule has 0 aliphatic rings. The SMILES string of the molecule is COC(=O)CCc1cccc(N(C)C(=O)c2cc(OC)ccc2Br)c1. The van der Waals surface area contributed by atoms with Crippen molar-refractivity contribution in [1.29, 1.82) is 0 Å². The third-order valence-corrected chi connectivity index (χ3v) is 4.54. The molecule has 25 heavy (non-hydrogen) atoms. The summed E-state index contributed by atoms with van der Waals surface area (Å²) in [7, 11) is 4.65. The lowest BCUT2D eigenvalue weighted by Gasteiger charge is -2.19. The zero-order valence-electron chi connectivity index (χ0n) is 14.4. The Morgan fingerprint density at radius 2 is 1.88 bits per heavy atom. The van der Waals surface area contributed by atoms with Crippen molar-refractivity contribution in [1.82, 2.24) is 0 Å². The van der Waals surface area contributed by atoms with Crippen LogP contribution < -0.4 is 9.64 Å². The molecule has 0 fully saturated rings. The fourth-order valence-corrected chi connectivity index (χ4v) is 2.78. The van der Waals surface area contributed by atoms with Crippen LogP contribution in [0.25, 0.3) is 0 Å². The Hall–Kier alpha value is -2.34. The number of ether oxygens (including phenoxy) is 2. The smallest absolute Gasteiger partial charge is 0.305 e. The van der Waals surface area contributed by atoms with Crippen LogP contribution in [-0.4, -0.2) is 33.1 Å². The minimum Gasteiger partial charge on any atom is -0.497 e. The highest BCUT2D eigenvalue weighted by Gasteiger charge is 2.17. The van der Waals surface area contributed by atoms with Crippen molar-refractivity contribution < 1.29 is 19.1 Å². The summed E-state index contributed by atoms with van der Waals surface area (Å²) in [6.07, 6.45) is 0.866. The maximum Gasteiger partial charge on any atom is 0.305 e. The average molecular weight is 406 g/mol. The van der Waals surface area contributed by atoms with E-state index in [2.05, 4.69) is 20.7 Å². The number of esters is 1. The zero-order chi connectivity index (χ0) is 18.4. The van der Waals surface area contributed by atoms with E-state index >= 15 is 0 Å². The van der Waals surface area contributed by atoms with Crippen LogP contribution in [0.5, 0.6) is 5.75 Å². The molecule has 2 aromatic carbocycles. The van der Waals surface area contributed by atoms with Gasteiger partial charge in [-0.2, -0.15) is 0 Å². The monoisotopic (exact) mass is 405 g/mol. The average Bonchev–Trinajstić information content (AvgIpc) is 2.65. The summed E-state index contributed by atoms with van der Waals surface area (Å²) in [5, 5.41) is 0. The molecule has 2 aromatic rings. The van der Waals surface area contributed by atoms with Crippen LogP contribution in [-0.2, 0) is 16.0 Å². The van der Waals surface area contributed by atoms with E-state index in [4.69, 9.17) is 4.74 Å². The number of methoxy groups -OCH3 is 2. The van der Waals surface area contributed by atoms with E-state index < -0.39 is 0 Å². The van der Waals surface area contributed by atoms with E-state index in [-0.39, 0.29) is 11.9 Å². The van der Waals surface area contributed by atoms with E-state index in [1.807, 2.05) is 24.3 Å². The zero-order valence-corrected chi connectivity index (χ0v) is 16.0. The quantitative estimate of drug-likeness (QED) is 0.685. The standard InChI is InChI=1S/C19H20BrNO4/c1-21(19(23)16-12-15(24-2)8-9-17(16)20)14-6-4-5-13(11-14)7-10-18(22)25-3/h4-6,8-9,11-12H,7,10H2,1-3H3. The van der Waals surface area contributed by atoms with Crippen LogP contribution in [0.1, 0.15) is 22.3 Å². The molecule has 0 N–H and O–H groups in total. The molecule has 0 bridgehead atoms. The maximum absolute atomic E-state index is 12.8. The van der Waals surface area contributed by atoms with Crippen molar-refractivity contribution in [2.45, 2.75) is 12.8 Å². The van der Waals surface area contributed by atoms with Gasteiger partial charge in [0.25, 0.3) is 5.91 Å². The van der Waals surface area contributed by atoms with E-state index in [9.17, 15) is 9.59 Å². The highest BCUT2D eigenvalue weighted by Crippen LogP contribution is 2.26. The number of nitrogens with zero attached hydrogens (tertiary/aromatic N) is 1. The van der Waals surface area contributed by atoms with E-state index in [1.54, 1.807) is 37.3 Å². The molecule has 0 aliphatic carbocycles. The summed E-state index contributed by atoms with van der Waals surface area (Å²) in [4.78, 5) is 25.7. The molecule has 6 heteroatoms. The number of halogens is 1. The van der Waals surface area contributed by atoms with Gasteiger partial charge in [0.2, 0.25) is 0 Å². The summed E-state index contributed by atoms with van der Waals surface area (Å²) in [5.41, 5.74) is 2.23. The summed E-state index contributed by atoms with van der Waals surface area (Å²) < 4.78 is 10.6. The van der Waals surface area contributed by atoms with Crippen molar-refractivity contribution in [2.24, 2.45) is 0 Å². The van der Waals surface area contributed by atoms with Gasteiger partial charge >= 0.3 is 5.97 Å². The first-order valence-electron chi connectivity index (χ1n) is 7.73. The topological polar surface area (TPSA) is 55.8 Å². The van der Waals surface area contributed by atoms with Gasteiger partial charge in [0.1, 0.15) is 5.75 Å². The number of hydrogen-bond acceptors (Lipinski definition) is 4. The number of hydrogen-bond donors (Lipinski definition) is 0. The summed E-state index contributed by atoms with van der Waals surface area (Å²) >= 11 is 3.41. The Morgan fingerprint density at radius 3 is 2.56 bits per heavy atom. The van der Waals surface area contributed by atoms with Gasteiger partial charge in [-0.1, -0.05) is 12.1 Å². The number of carbonyl (C=O) groups excluding carboxylic acids is 2. The van der Waals surface area contributed by atoms with E-state index in [0.717, 1.165) is 11.3 Å². The lowest BCUT2D eigenvalue weighted by Crippen LogP contribution is -2.26. The molecule has 0 aliphatic heterocycles. The number of anilines is 1. The normalized spacial score (nSPS) is 10.2. The van der Waals surface area contributed by atoms with Crippen LogP contribution >= 0.6 is 15.9 Å². The lowest BCUT2D eigenvalue weighted by atomic mass is 10.1. The second kappa shape index (κ2) is 8.67. The fraction of sp³-hybridized carbons (Fsp3) is 0.263. The Balaban J connectivity index is 2.21. The molecular formula is C19H20BrNO4. The van der Waals surface area contributed by atoms with Crippen LogP contribution in [0.2, 0.25) is 0 Å². The van der Waals surface area contributed by atoms with Crippen molar-refractivity contribution in [2.75, 3.05) is 26.2 Å². The van der Waals surface area contributed by atoms with Gasteiger partial charge in [-0.3, -0.25) is 9.59 Å². The third-order valence-electron chi connectivity index (χ3n) is 3.85. The molecule has 0 unspecified atom stereocenters. The molecule has 2 rings (SSSR count). The van der Waals surface area contributed by atoms with Crippen LogP contribution in [0.4, 0.5) is 5.69 Å². The summed E-state index contributed by atoms with van der Waals surface area (Å²) in [6.45, 7) is 0. The van der Waals surface area contributed by atoms with Crippen LogP contribution in [0.15, 0.2) is 46.9 Å². The van der Waals surface area contributed by atoms with Crippen molar-refractivity contribution in [3.05, 3.63) is 58.1 Å². The van der Waals surface area contributed by atoms with Gasteiger partial charge in [-0.05, 0) is 58.2 Å². The molecule has 0 heterocycles. The second-order valence-corrected chi connectivity index (χ2v) is 6.31. The lowest BCUT2D eigenvalue weighted by molar-refractivity contribution is -0.140. The fourth-order valence-electron chi connectivity index (χ4n) is 2.36. The largest absolute Gasteiger partial charge is 0.497 e. The first-order chi connectivity index (χ1) is 12.0. The number of aryl methyl sites for hydroxylation is 1. The number of rotatable bonds is 6. The van der Waals surface area contributed by atoms with E-state index in [0.29, 0.717) is 28.6 Å². The predicted molar refractivity (Wildman–Crippen MR) is 100 cm³/mol. The highest BCUT2D eigenvalue weighted by atomic mass is 79.9. The molecule has 5 nitrogen and oxygen atoms in total. The maximum atomic E-state index is 12.8. The Kier molecular flexibility index (Phi) is 6.58. The number of carbonyl (C=O) groups is 2. The van der Waals surface area contributed by atoms with Gasteiger partial charge in [-0.15, -0.1) is 0 Å². The molecule has 0 aromatic heterocycles. The predicted octanol–water partition coefficient (Wildman–Crippen LogP) is 3.84. The van der Waals surface area contributed by atoms with Crippen molar-refractivity contribution in [3.8, 4) is 5.75 Å². The van der Waals surface area contributed by atoms with Gasteiger partial charge in [0.05, 0.1) is 19.8 Å². The third kappa shape index (κ3) is 4.82. The Bertz CT molecular complexity index is 776. The summed E-state index contributed by atoms with van der Waals surface area (Å²) in [6, 6.07) is 12.8. The second-order valence-electron chi connectivity index (χ2n) is 5.46. The highest BCUT2D eigenvalue weighted by molar-refractivity contribution is 9.10.